The smallest absolute Gasteiger partial charge is 0.325 e. The van der Waals surface area contributed by atoms with Crippen LogP contribution in [0.5, 0.6) is 0 Å². The summed E-state index contributed by atoms with van der Waals surface area (Å²) in [7, 11) is 0. The fraction of sp³-hybridized carbons (Fsp3) is 0.852. The maximum Gasteiger partial charge on any atom is 0.325 e. The molecule has 37 heavy (non-hydrogen) atoms. The van der Waals surface area contributed by atoms with Crippen molar-refractivity contribution in [3.05, 3.63) is 0 Å². The monoisotopic (exact) mass is 556 g/mol. The number of nitrogens with zero attached hydrogens (tertiary/aromatic N) is 4. The predicted octanol–water partition coefficient (Wildman–Crippen LogP) is 4.66. The van der Waals surface area contributed by atoms with E-state index in [1.165, 1.54) is 0 Å². The Morgan fingerprint density at radius 1 is 0.730 bits per heavy atom. The van der Waals surface area contributed by atoms with Gasteiger partial charge in [0.15, 0.2) is 0 Å². The standard InChI is InChI=1S/C27H48N4O4S2/c1-7-28-16-22(36)30(24(28)34)18-26(3,4)14-12-20(32)10-9-11-21(33)13-15-27(5,6)19-31-23(37)17-29(8-2)25(31)35/h20-21,32-33H,7-19H2,1-6H3. The maximum absolute atomic E-state index is 12.5. The molecule has 0 radical (unpaired) electrons. The zero-order valence-electron chi connectivity index (χ0n) is 23.7. The van der Waals surface area contributed by atoms with E-state index in [1.54, 1.807) is 19.6 Å². The third-order valence-electron chi connectivity index (χ3n) is 7.58. The Morgan fingerprint density at radius 2 is 1.08 bits per heavy atom. The van der Waals surface area contributed by atoms with E-state index >= 15 is 0 Å². The SMILES string of the molecule is CCN1CC(=S)N(CC(C)(C)CCC(O)CCCC(O)CCC(C)(C)CN2C(=O)N(CC)CC2=S)C1=O. The summed E-state index contributed by atoms with van der Waals surface area (Å²) in [4.78, 5) is 33.2. The molecule has 2 rings (SSSR count). The summed E-state index contributed by atoms with van der Waals surface area (Å²) >= 11 is 10.8. The Labute approximate surface area is 234 Å². The number of hydrogen-bond acceptors (Lipinski definition) is 6. The molecule has 4 amide bonds. The Kier molecular flexibility index (Phi) is 11.7. The molecule has 212 valence electrons. The number of carbonyl (C=O) groups excluding carboxylic acids is 2. The van der Waals surface area contributed by atoms with E-state index in [0.29, 0.717) is 74.9 Å². The molecule has 0 aromatic heterocycles. The quantitative estimate of drug-likeness (QED) is 0.269. The number of aliphatic hydroxyl groups is 2. The van der Waals surface area contributed by atoms with Gasteiger partial charge in [-0.3, -0.25) is 9.80 Å². The van der Waals surface area contributed by atoms with Crippen LogP contribution in [0.4, 0.5) is 9.59 Å². The van der Waals surface area contributed by atoms with Gasteiger partial charge >= 0.3 is 12.1 Å². The van der Waals surface area contributed by atoms with Crippen LogP contribution in [-0.4, -0.2) is 103 Å². The Bertz CT molecular complexity index is 769. The highest BCUT2D eigenvalue weighted by atomic mass is 32.1. The average Bonchev–Trinajstić information content (AvgIpc) is 3.25. The van der Waals surface area contributed by atoms with Crippen molar-refractivity contribution in [3.63, 3.8) is 0 Å². The van der Waals surface area contributed by atoms with E-state index in [-0.39, 0.29) is 22.9 Å². The van der Waals surface area contributed by atoms with Gasteiger partial charge in [0.05, 0.1) is 25.3 Å². The first kappa shape index (κ1) is 31.9. The van der Waals surface area contributed by atoms with Gasteiger partial charge in [-0.15, -0.1) is 0 Å². The van der Waals surface area contributed by atoms with Gasteiger partial charge in [0, 0.05) is 26.2 Å². The number of hydrogen-bond donors (Lipinski definition) is 2. The molecule has 0 aromatic carbocycles. The van der Waals surface area contributed by atoms with Gasteiger partial charge in [-0.05, 0) is 69.6 Å². The second-order valence-electron chi connectivity index (χ2n) is 12.2. The lowest BCUT2D eigenvalue weighted by Gasteiger charge is -2.31. The first-order valence-corrected chi connectivity index (χ1v) is 14.6. The minimum Gasteiger partial charge on any atom is -0.393 e. The molecule has 2 aliphatic heterocycles. The number of carbonyl (C=O) groups is 2. The second kappa shape index (κ2) is 13.6. The van der Waals surface area contributed by atoms with Crippen LogP contribution in [-0.2, 0) is 0 Å². The molecular weight excluding hydrogens is 508 g/mol. The van der Waals surface area contributed by atoms with Crippen LogP contribution >= 0.6 is 24.4 Å². The molecular formula is C27H48N4O4S2. The normalized spacial score (nSPS) is 19.0. The van der Waals surface area contributed by atoms with Gasteiger partial charge in [-0.25, -0.2) is 9.59 Å². The highest BCUT2D eigenvalue weighted by molar-refractivity contribution is 7.80. The van der Waals surface area contributed by atoms with Gasteiger partial charge in [-0.2, -0.15) is 0 Å². The number of thiocarbonyl (C=S) groups is 2. The summed E-state index contributed by atoms with van der Waals surface area (Å²) in [6.45, 7) is 15.8. The zero-order valence-corrected chi connectivity index (χ0v) is 25.3. The molecule has 0 saturated carbocycles. The fourth-order valence-electron chi connectivity index (χ4n) is 5.00. The third kappa shape index (κ3) is 9.41. The van der Waals surface area contributed by atoms with Crippen molar-refractivity contribution in [3.8, 4) is 0 Å². The molecule has 2 N–H and O–H groups in total. The van der Waals surface area contributed by atoms with Crippen LogP contribution in [0.2, 0.25) is 0 Å². The predicted molar refractivity (Wildman–Crippen MR) is 156 cm³/mol. The van der Waals surface area contributed by atoms with Gasteiger partial charge in [0.2, 0.25) is 0 Å². The molecule has 10 heteroatoms. The summed E-state index contributed by atoms with van der Waals surface area (Å²) in [5.74, 6) is 0. The number of likely N-dealkylation sites (N-methyl/N-ethyl adjacent to an activating group) is 2. The van der Waals surface area contributed by atoms with Crippen molar-refractivity contribution in [2.24, 2.45) is 10.8 Å². The molecule has 0 bridgehead atoms. The summed E-state index contributed by atoms with van der Waals surface area (Å²) in [6.07, 6.45) is 4.06. The fourth-order valence-corrected chi connectivity index (χ4v) is 5.60. The summed E-state index contributed by atoms with van der Waals surface area (Å²) in [5, 5.41) is 21.1. The topological polar surface area (TPSA) is 87.6 Å². The third-order valence-corrected chi connectivity index (χ3v) is 8.28. The minimum atomic E-state index is -0.431. The van der Waals surface area contributed by atoms with Crippen LogP contribution in [0.1, 0.15) is 86.5 Å². The largest absolute Gasteiger partial charge is 0.393 e. The van der Waals surface area contributed by atoms with Crippen LogP contribution in [0.25, 0.3) is 0 Å². The molecule has 2 aliphatic rings. The van der Waals surface area contributed by atoms with Crippen molar-refractivity contribution >= 4 is 46.5 Å². The molecule has 2 atom stereocenters. The number of urea groups is 2. The Balaban J connectivity index is 1.66. The minimum absolute atomic E-state index is 0.0176. The zero-order chi connectivity index (χ0) is 28.0. The number of aliphatic hydroxyl groups excluding tert-OH is 2. The van der Waals surface area contributed by atoms with E-state index in [2.05, 4.69) is 27.7 Å². The Hall–Kier alpha value is -1.36. The molecule has 2 unspecified atom stereocenters. The lowest BCUT2D eigenvalue weighted by Crippen LogP contribution is -2.39. The van der Waals surface area contributed by atoms with E-state index < -0.39 is 12.2 Å². The summed E-state index contributed by atoms with van der Waals surface area (Å²) in [5.41, 5.74) is -0.300. The van der Waals surface area contributed by atoms with Crippen LogP contribution in [0.15, 0.2) is 0 Å². The highest BCUT2D eigenvalue weighted by Gasteiger charge is 2.37. The first-order valence-electron chi connectivity index (χ1n) is 13.7. The van der Waals surface area contributed by atoms with E-state index in [1.807, 2.05) is 13.8 Å². The molecule has 0 spiro atoms. The average molecular weight is 557 g/mol. The number of rotatable bonds is 16. The van der Waals surface area contributed by atoms with Gasteiger partial charge < -0.3 is 20.0 Å². The van der Waals surface area contributed by atoms with Gasteiger partial charge in [-0.1, -0.05) is 52.1 Å². The highest BCUT2D eigenvalue weighted by Crippen LogP contribution is 2.30. The molecule has 0 aromatic rings. The molecule has 2 fully saturated rings. The lowest BCUT2D eigenvalue weighted by molar-refractivity contribution is 0.103. The molecule has 8 nitrogen and oxygen atoms in total. The van der Waals surface area contributed by atoms with Crippen LogP contribution in [0.3, 0.4) is 0 Å². The van der Waals surface area contributed by atoms with Crippen molar-refractivity contribution in [1.82, 2.24) is 19.6 Å². The van der Waals surface area contributed by atoms with Gasteiger partial charge in [0.25, 0.3) is 0 Å². The number of amides is 4. The van der Waals surface area contributed by atoms with Gasteiger partial charge in [0.1, 0.15) is 9.98 Å². The van der Waals surface area contributed by atoms with Crippen molar-refractivity contribution < 1.29 is 19.8 Å². The van der Waals surface area contributed by atoms with E-state index in [0.717, 1.165) is 19.3 Å². The van der Waals surface area contributed by atoms with Crippen LogP contribution < -0.4 is 0 Å². The van der Waals surface area contributed by atoms with Crippen molar-refractivity contribution in [1.29, 1.82) is 0 Å². The lowest BCUT2D eigenvalue weighted by atomic mass is 9.84. The maximum atomic E-state index is 12.5. The Morgan fingerprint density at radius 3 is 1.38 bits per heavy atom. The van der Waals surface area contributed by atoms with Crippen LogP contribution in [0, 0.1) is 10.8 Å². The summed E-state index contributed by atoms with van der Waals surface area (Å²) in [6, 6.07) is -0.0353. The second-order valence-corrected chi connectivity index (χ2v) is 13.1. The first-order chi connectivity index (χ1) is 17.2. The molecule has 0 aliphatic carbocycles. The van der Waals surface area contributed by atoms with E-state index in [9.17, 15) is 19.8 Å². The van der Waals surface area contributed by atoms with Crippen molar-refractivity contribution in [2.45, 2.75) is 98.7 Å². The molecule has 2 saturated heterocycles. The molecule has 2 heterocycles. The van der Waals surface area contributed by atoms with E-state index in [4.69, 9.17) is 24.4 Å². The summed E-state index contributed by atoms with van der Waals surface area (Å²) < 4.78 is 0. The van der Waals surface area contributed by atoms with Crippen molar-refractivity contribution in [2.75, 3.05) is 39.3 Å².